The van der Waals surface area contributed by atoms with Crippen LogP contribution >= 0.6 is 11.3 Å². The van der Waals surface area contributed by atoms with E-state index in [4.69, 9.17) is 5.26 Å². The quantitative estimate of drug-likeness (QED) is 0.825. The maximum Gasteiger partial charge on any atom is 0.230 e. The van der Waals surface area contributed by atoms with E-state index in [1.807, 2.05) is 11.4 Å². The molecule has 1 aromatic rings. The molecule has 1 unspecified atom stereocenters. The molecule has 0 spiro atoms. The summed E-state index contributed by atoms with van der Waals surface area (Å²) in [4.78, 5) is 6.29. The molecule has 8 heteroatoms. The molecule has 1 aromatic heterocycles. The monoisotopic (exact) mass is 300 g/mol. The summed E-state index contributed by atoms with van der Waals surface area (Å²) >= 11 is 1.55. The molecular formula is C11H16N4O2S2. The number of rotatable bonds is 4. The summed E-state index contributed by atoms with van der Waals surface area (Å²) in [5.74, 6) is 0. The number of aromatic nitrogens is 1. The van der Waals surface area contributed by atoms with E-state index in [0.29, 0.717) is 32.6 Å². The van der Waals surface area contributed by atoms with Gasteiger partial charge in [-0.2, -0.15) is 9.57 Å². The average Bonchev–Trinajstić information content (AvgIpc) is 2.94. The van der Waals surface area contributed by atoms with Crippen molar-refractivity contribution in [2.45, 2.75) is 18.6 Å². The van der Waals surface area contributed by atoms with Crippen LogP contribution in [0.4, 0.5) is 5.13 Å². The topological polar surface area (TPSA) is 77.3 Å². The highest BCUT2D eigenvalue weighted by Crippen LogP contribution is 2.21. The van der Waals surface area contributed by atoms with E-state index in [2.05, 4.69) is 9.88 Å². The molecule has 1 saturated heterocycles. The van der Waals surface area contributed by atoms with Gasteiger partial charge >= 0.3 is 0 Å². The van der Waals surface area contributed by atoms with Crippen LogP contribution in [0.1, 0.15) is 13.3 Å². The van der Waals surface area contributed by atoms with Crippen molar-refractivity contribution in [2.24, 2.45) is 0 Å². The van der Waals surface area contributed by atoms with E-state index >= 15 is 0 Å². The second kappa shape index (κ2) is 5.86. The zero-order chi connectivity index (χ0) is 13.9. The van der Waals surface area contributed by atoms with Crippen LogP contribution in [0.25, 0.3) is 0 Å². The molecule has 0 radical (unpaired) electrons. The van der Waals surface area contributed by atoms with Crippen molar-refractivity contribution in [1.29, 1.82) is 5.26 Å². The van der Waals surface area contributed by atoms with Gasteiger partial charge in [-0.05, 0) is 6.42 Å². The average molecular weight is 300 g/mol. The van der Waals surface area contributed by atoms with Crippen molar-refractivity contribution in [1.82, 2.24) is 9.29 Å². The Labute approximate surface area is 117 Å². The molecule has 6 nitrogen and oxygen atoms in total. The van der Waals surface area contributed by atoms with Gasteiger partial charge in [0.05, 0.1) is 6.07 Å². The molecule has 2 heterocycles. The largest absolute Gasteiger partial charge is 0.345 e. The highest BCUT2D eigenvalue weighted by molar-refractivity contribution is 7.90. The van der Waals surface area contributed by atoms with E-state index in [-0.39, 0.29) is 0 Å². The Kier molecular flexibility index (Phi) is 4.39. The van der Waals surface area contributed by atoms with Crippen LogP contribution in [0.2, 0.25) is 0 Å². The van der Waals surface area contributed by atoms with Gasteiger partial charge in [-0.1, -0.05) is 6.92 Å². The third-order valence-electron chi connectivity index (χ3n) is 3.16. The molecule has 1 fully saturated rings. The zero-order valence-electron chi connectivity index (χ0n) is 10.7. The van der Waals surface area contributed by atoms with Crippen molar-refractivity contribution in [2.75, 3.05) is 31.1 Å². The lowest BCUT2D eigenvalue weighted by atomic mass is 10.4. The molecule has 0 aromatic carbocycles. The summed E-state index contributed by atoms with van der Waals surface area (Å²) in [5, 5.41) is 10.8. The molecule has 19 heavy (non-hydrogen) atoms. The molecule has 0 saturated carbocycles. The van der Waals surface area contributed by atoms with Crippen LogP contribution in [0.3, 0.4) is 0 Å². The second-order valence-corrected chi connectivity index (χ2v) is 7.26. The zero-order valence-corrected chi connectivity index (χ0v) is 12.3. The van der Waals surface area contributed by atoms with Gasteiger partial charge in [0, 0.05) is 37.8 Å². The fourth-order valence-electron chi connectivity index (χ4n) is 2.05. The van der Waals surface area contributed by atoms with Gasteiger partial charge in [0.25, 0.3) is 0 Å². The first-order chi connectivity index (χ1) is 9.09. The third kappa shape index (κ3) is 2.88. The van der Waals surface area contributed by atoms with E-state index in [9.17, 15) is 8.42 Å². The van der Waals surface area contributed by atoms with Gasteiger partial charge in [0.15, 0.2) is 10.4 Å². The second-order valence-electron chi connectivity index (χ2n) is 4.27. The molecule has 0 aliphatic carbocycles. The van der Waals surface area contributed by atoms with Gasteiger partial charge in [-0.3, -0.25) is 0 Å². The SMILES string of the molecule is CCC(C#N)S(=O)(=O)N1CCN(c2nccs2)CC1. The number of thiazole rings is 1. The highest BCUT2D eigenvalue weighted by Gasteiger charge is 2.33. The lowest BCUT2D eigenvalue weighted by Gasteiger charge is -2.34. The summed E-state index contributed by atoms with van der Waals surface area (Å²) in [7, 11) is -3.49. The maximum absolute atomic E-state index is 12.2. The molecule has 104 valence electrons. The number of anilines is 1. The van der Waals surface area contributed by atoms with Gasteiger partial charge in [-0.15, -0.1) is 11.3 Å². The van der Waals surface area contributed by atoms with Crippen LogP contribution in [-0.2, 0) is 10.0 Å². The number of hydrogen-bond donors (Lipinski definition) is 0. The summed E-state index contributed by atoms with van der Waals surface area (Å²) in [5.41, 5.74) is 0. The maximum atomic E-state index is 12.2. The first kappa shape index (κ1) is 14.2. The molecular weight excluding hydrogens is 284 g/mol. The van der Waals surface area contributed by atoms with E-state index in [1.165, 1.54) is 4.31 Å². The molecule has 1 aliphatic rings. The van der Waals surface area contributed by atoms with Gasteiger partial charge in [0.1, 0.15) is 0 Å². The summed E-state index contributed by atoms with van der Waals surface area (Å²) in [6.45, 7) is 3.79. The first-order valence-electron chi connectivity index (χ1n) is 6.12. The van der Waals surface area contributed by atoms with Crippen molar-refractivity contribution < 1.29 is 8.42 Å². The number of piperazine rings is 1. The van der Waals surface area contributed by atoms with Crippen molar-refractivity contribution in [3.05, 3.63) is 11.6 Å². The van der Waals surface area contributed by atoms with Gasteiger partial charge < -0.3 is 4.90 Å². The number of hydrogen-bond acceptors (Lipinski definition) is 6. The van der Waals surface area contributed by atoms with Crippen LogP contribution < -0.4 is 4.90 Å². The van der Waals surface area contributed by atoms with Crippen molar-refractivity contribution in [3.63, 3.8) is 0 Å². The standard InChI is InChI=1S/C11H16N4O2S2/c1-2-10(9-12)19(16,17)15-6-4-14(5-7-15)11-13-3-8-18-11/h3,8,10H,2,4-7H2,1H3. The summed E-state index contributed by atoms with van der Waals surface area (Å²) in [6.07, 6.45) is 2.07. The Bertz CT molecular complexity index is 542. The number of nitrogens with zero attached hydrogens (tertiary/aromatic N) is 4. The van der Waals surface area contributed by atoms with Crippen LogP contribution in [0, 0.1) is 11.3 Å². The van der Waals surface area contributed by atoms with Crippen molar-refractivity contribution in [3.8, 4) is 6.07 Å². The van der Waals surface area contributed by atoms with E-state index in [0.717, 1.165) is 5.13 Å². The Balaban J connectivity index is 2.02. The van der Waals surface area contributed by atoms with Crippen LogP contribution in [0.5, 0.6) is 0 Å². The molecule has 0 N–H and O–H groups in total. The molecule has 2 rings (SSSR count). The van der Waals surface area contributed by atoms with E-state index in [1.54, 1.807) is 24.5 Å². The van der Waals surface area contributed by atoms with E-state index < -0.39 is 15.3 Å². The van der Waals surface area contributed by atoms with Gasteiger partial charge in [-0.25, -0.2) is 13.4 Å². The molecule has 0 bridgehead atoms. The third-order valence-corrected chi connectivity index (χ3v) is 6.24. The van der Waals surface area contributed by atoms with Gasteiger partial charge in [0.2, 0.25) is 10.0 Å². The fraction of sp³-hybridized carbons (Fsp3) is 0.636. The first-order valence-corrected chi connectivity index (χ1v) is 8.51. The Hall–Kier alpha value is -1.17. The minimum absolute atomic E-state index is 0.325. The normalized spacial score (nSPS) is 19.1. The predicted octanol–water partition coefficient (Wildman–Crippen LogP) is 0.897. The Morgan fingerprint density at radius 2 is 2.16 bits per heavy atom. The summed E-state index contributed by atoms with van der Waals surface area (Å²) in [6, 6.07) is 1.87. The smallest absolute Gasteiger partial charge is 0.230 e. The summed E-state index contributed by atoms with van der Waals surface area (Å²) < 4.78 is 25.9. The molecule has 0 amide bonds. The van der Waals surface area contributed by atoms with Crippen molar-refractivity contribution >= 4 is 26.5 Å². The Morgan fingerprint density at radius 1 is 1.47 bits per heavy atom. The Morgan fingerprint density at radius 3 is 2.63 bits per heavy atom. The lowest BCUT2D eigenvalue weighted by molar-refractivity contribution is 0.381. The number of sulfonamides is 1. The molecule has 1 atom stereocenters. The minimum atomic E-state index is -3.49. The lowest BCUT2D eigenvalue weighted by Crippen LogP contribution is -2.50. The van der Waals surface area contributed by atoms with Crippen LogP contribution in [0.15, 0.2) is 11.6 Å². The highest BCUT2D eigenvalue weighted by atomic mass is 32.2. The fourth-order valence-corrected chi connectivity index (χ4v) is 4.34. The van der Waals surface area contributed by atoms with Crippen LogP contribution in [-0.4, -0.2) is 49.1 Å². The predicted molar refractivity (Wildman–Crippen MR) is 74.5 cm³/mol. The minimum Gasteiger partial charge on any atom is -0.345 e. The molecule has 1 aliphatic heterocycles. The number of nitriles is 1.